The first kappa shape index (κ1) is 15.0. The fraction of sp³-hybridized carbons (Fsp3) is 0.867. The quantitative estimate of drug-likeness (QED) is 0.624. The van der Waals surface area contributed by atoms with Crippen LogP contribution >= 0.6 is 11.8 Å². The third kappa shape index (κ3) is 3.84. The van der Waals surface area contributed by atoms with Gasteiger partial charge in [0, 0.05) is 32.7 Å². The maximum Gasteiger partial charge on any atom is 0.242 e. The Hall–Kier alpha value is -0.910. The lowest BCUT2D eigenvalue weighted by Gasteiger charge is -2.36. The van der Waals surface area contributed by atoms with E-state index in [9.17, 15) is 4.79 Å². The van der Waals surface area contributed by atoms with Crippen molar-refractivity contribution in [2.75, 3.05) is 44.7 Å². The van der Waals surface area contributed by atoms with Crippen molar-refractivity contribution < 1.29 is 4.79 Å². The number of carbonyl (C=O) groups excluding carboxylic acids is 1. The average molecular weight is 310 g/mol. The normalized spacial score (nSPS) is 25.4. The minimum Gasteiger partial charge on any atom is -0.356 e. The number of rotatable bonds is 3. The number of hydrogen-bond donors (Lipinski definition) is 1. The summed E-state index contributed by atoms with van der Waals surface area (Å²) < 4.78 is 0. The topological polar surface area (TPSA) is 47.9 Å². The molecule has 0 unspecified atom stereocenters. The van der Waals surface area contributed by atoms with Gasteiger partial charge in [0.15, 0.2) is 5.96 Å². The van der Waals surface area contributed by atoms with Crippen LogP contribution < -0.4 is 5.32 Å². The molecule has 5 nitrogen and oxygen atoms in total. The van der Waals surface area contributed by atoms with Gasteiger partial charge in [0.05, 0.1) is 6.54 Å². The highest BCUT2D eigenvalue weighted by Gasteiger charge is 2.36. The SMILES string of the molecule is CN=C(NCC1CCSCC1)N1CCN(C2CC2)C(=O)C1. The van der Waals surface area contributed by atoms with Crippen molar-refractivity contribution in [1.82, 2.24) is 15.1 Å². The number of guanidine groups is 1. The van der Waals surface area contributed by atoms with E-state index in [0.717, 1.165) is 31.5 Å². The zero-order chi connectivity index (χ0) is 14.7. The van der Waals surface area contributed by atoms with E-state index in [0.29, 0.717) is 12.6 Å². The summed E-state index contributed by atoms with van der Waals surface area (Å²) in [6.45, 7) is 3.23. The van der Waals surface area contributed by atoms with Gasteiger partial charge in [-0.15, -0.1) is 0 Å². The fourth-order valence-electron chi connectivity index (χ4n) is 3.16. The second kappa shape index (κ2) is 6.90. The molecule has 0 atom stereocenters. The van der Waals surface area contributed by atoms with Crippen LogP contribution in [-0.2, 0) is 4.79 Å². The van der Waals surface area contributed by atoms with Crippen LogP contribution in [0.3, 0.4) is 0 Å². The fourth-order valence-corrected chi connectivity index (χ4v) is 4.36. The van der Waals surface area contributed by atoms with Gasteiger partial charge in [0.25, 0.3) is 0 Å². The van der Waals surface area contributed by atoms with Crippen molar-refractivity contribution in [1.29, 1.82) is 0 Å². The molecule has 2 saturated heterocycles. The van der Waals surface area contributed by atoms with E-state index in [-0.39, 0.29) is 5.91 Å². The second-order valence-corrected chi connectivity index (χ2v) is 7.45. The number of carbonyl (C=O) groups is 1. The number of hydrogen-bond acceptors (Lipinski definition) is 3. The third-order valence-electron chi connectivity index (χ3n) is 4.65. The Morgan fingerprint density at radius 3 is 2.67 bits per heavy atom. The number of nitrogens with zero attached hydrogens (tertiary/aromatic N) is 3. The second-order valence-electron chi connectivity index (χ2n) is 6.22. The highest BCUT2D eigenvalue weighted by Crippen LogP contribution is 2.28. The number of piperazine rings is 1. The molecule has 6 heteroatoms. The van der Waals surface area contributed by atoms with Gasteiger partial charge in [-0.2, -0.15) is 11.8 Å². The zero-order valence-corrected chi connectivity index (χ0v) is 13.7. The van der Waals surface area contributed by atoms with E-state index in [4.69, 9.17) is 0 Å². The van der Waals surface area contributed by atoms with E-state index in [1.807, 2.05) is 7.05 Å². The lowest BCUT2D eigenvalue weighted by atomic mass is 10.0. The summed E-state index contributed by atoms with van der Waals surface area (Å²) in [5.41, 5.74) is 0. The van der Waals surface area contributed by atoms with E-state index in [2.05, 4.69) is 31.9 Å². The molecule has 1 N–H and O–H groups in total. The summed E-state index contributed by atoms with van der Waals surface area (Å²) in [7, 11) is 1.82. The Morgan fingerprint density at radius 1 is 1.29 bits per heavy atom. The molecule has 0 aromatic carbocycles. The van der Waals surface area contributed by atoms with Crippen molar-refractivity contribution in [3.63, 3.8) is 0 Å². The first-order valence-electron chi connectivity index (χ1n) is 8.10. The molecule has 0 aromatic heterocycles. The maximum absolute atomic E-state index is 12.2. The van der Waals surface area contributed by atoms with Gasteiger partial charge in [-0.25, -0.2) is 0 Å². The average Bonchev–Trinajstić information content (AvgIpc) is 3.34. The molecule has 0 radical (unpaired) electrons. The van der Waals surface area contributed by atoms with Gasteiger partial charge in [-0.1, -0.05) is 0 Å². The highest BCUT2D eigenvalue weighted by molar-refractivity contribution is 7.99. The molecule has 3 aliphatic rings. The summed E-state index contributed by atoms with van der Waals surface area (Å²) >= 11 is 2.06. The molecule has 1 amide bonds. The highest BCUT2D eigenvalue weighted by atomic mass is 32.2. The van der Waals surface area contributed by atoms with Crippen LogP contribution in [0.5, 0.6) is 0 Å². The minimum atomic E-state index is 0.265. The molecule has 2 aliphatic heterocycles. The lowest BCUT2D eigenvalue weighted by molar-refractivity contribution is -0.135. The van der Waals surface area contributed by atoms with Crippen LogP contribution in [0, 0.1) is 5.92 Å². The first-order chi connectivity index (χ1) is 10.3. The first-order valence-corrected chi connectivity index (χ1v) is 9.26. The van der Waals surface area contributed by atoms with E-state index < -0.39 is 0 Å². The van der Waals surface area contributed by atoms with Gasteiger partial charge in [-0.3, -0.25) is 9.79 Å². The molecule has 3 fully saturated rings. The molecule has 0 bridgehead atoms. The standard InChI is InChI=1S/C15H26N4OS/c1-16-15(17-10-12-4-8-21-9-5-12)18-6-7-19(13-2-3-13)14(20)11-18/h12-13H,2-11H2,1H3,(H,16,17). The number of aliphatic imine (C=N–C) groups is 1. The van der Waals surface area contributed by atoms with Crippen molar-refractivity contribution in [3.8, 4) is 0 Å². The molecule has 3 rings (SSSR count). The predicted molar refractivity (Wildman–Crippen MR) is 87.7 cm³/mol. The van der Waals surface area contributed by atoms with E-state index in [1.54, 1.807) is 0 Å². The number of amides is 1. The van der Waals surface area contributed by atoms with Gasteiger partial charge < -0.3 is 15.1 Å². The van der Waals surface area contributed by atoms with E-state index >= 15 is 0 Å². The summed E-state index contributed by atoms with van der Waals surface area (Å²) in [6, 6.07) is 0.536. The Labute approximate surface area is 131 Å². The predicted octanol–water partition coefficient (Wildman–Crippen LogP) is 1.01. The van der Waals surface area contributed by atoms with E-state index in [1.165, 1.54) is 37.2 Å². The summed E-state index contributed by atoms with van der Waals surface area (Å²) in [5, 5.41) is 3.49. The van der Waals surface area contributed by atoms with Crippen molar-refractivity contribution >= 4 is 23.6 Å². The Bertz CT molecular complexity index is 404. The smallest absolute Gasteiger partial charge is 0.242 e. The zero-order valence-electron chi connectivity index (χ0n) is 12.9. The van der Waals surface area contributed by atoms with Crippen LogP contribution in [0.1, 0.15) is 25.7 Å². The molecular formula is C15H26N4OS. The van der Waals surface area contributed by atoms with Crippen LogP contribution in [0.25, 0.3) is 0 Å². The number of thioether (sulfide) groups is 1. The molecule has 0 spiro atoms. The van der Waals surface area contributed by atoms with Crippen molar-refractivity contribution in [2.24, 2.45) is 10.9 Å². The molecular weight excluding hydrogens is 284 g/mol. The molecule has 1 aliphatic carbocycles. The third-order valence-corrected chi connectivity index (χ3v) is 5.69. The Balaban J connectivity index is 1.48. The van der Waals surface area contributed by atoms with Crippen LogP contribution in [-0.4, -0.2) is 72.4 Å². The minimum absolute atomic E-state index is 0.265. The van der Waals surface area contributed by atoms with Gasteiger partial charge in [0.1, 0.15) is 0 Å². The molecule has 21 heavy (non-hydrogen) atoms. The van der Waals surface area contributed by atoms with Crippen LogP contribution in [0.4, 0.5) is 0 Å². The van der Waals surface area contributed by atoms with Crippen molar-refractivity contribution in [2.45, 2.75) is 31.7 Å². The summed E-state index contributed by atoms with van der Waals surface area (Å²) in [4.78, 5) is 20.8. The molecule has 2 heterocycles. The van der Waals surface area contributed by atoms with Crippen LogP contribution in [0.2, 0.25) is 0 Å². The molecule has 118 valence electrons. The van der Waals surface area contributed by atoms with Gasteiger partial charge in [-0.05, 0) is 43.1 Å². The lowest BCUT2D eigenvalue weighted by Crippen LogP contribution is -2.56. The molecule has 0 aromatic rings. The van der Waals surface area contributed by atoms with Gasteiger partial charge in [0.2, 0.25) is 5.91 Å². The maximum atomic E-state index is 12.2. The molecule has 1 saturated carbocycles. The van der Waals surface area contributed by atoms with Crippen LogP contribution in [0.15, 0.2) is 4.99 Å². The Kier molecular flexibility index (Phi) is 4.93. The van der Waals surface area contributed by atoms with Gasteiger partial charge >= 0.3 is 0 Å². The Morgan fingerprint density at radius 2 is 2.05 bits per heavy atom. The summed E-state index contributed by atoms with van der Waals surface area (Å²) in [6.07, 6.45) is 4.98. The van der Waals surface area contributed by atoms with Crippen molar-refractivity contribution in [3.05, 3.63) is 0 Å². The monoisotopic (exact) mass is 310 g/mol. The largest absolute Gasteiger partial charge is 0.356 e. The number of nitrogens with one attached hydrogen (secondary N) is 1. The summed E-state index contributed by atoms with van der Waals surface area (Å²) in [5.74, 6) is 4.48.